The number of ether oxygens (including phenoxy) is 1. The van der Waals surface area contributed by atoms with Crippen molar-refractivity contribution in [3.05, 3.63) is 26.6 Å². The fourth-order valence-corrected chi connectivity index (χ4v) is 2.60. The molecule has 0 fully saturated rings. The number of rotatable bonds is 4. The van der Waals surface area contributed by atoms with Gasteiger partial charge >= 0.3 is 0 Å². The van der Waals surface area contributed by atoms with Gasteiger partial charge in [0.15, 0.2) is 0 Å². The third-order valence-corrected chi connectivity index (χ3v) is 3.37. The van der Waals surface area contributed by atoms with Crippen molar-refractivity contribution >= 4 is 31.9 Å². The molecule has 0 heterocycles. The van der Waals surface area contributed by atoms with Crippen molar-refractivity contribution < 1.29 is 4.74 Å². The molecule has 0 bridgehead atoms. The second-order valence-electron chi connectivity index (χ2n) is 3.43. The molecule has 0 aliphatic carbocycles. The molecule has 0 aromatic heterocycles. The van der Waals surface area contributed by atoms with Crippen LogP contribution in [-0.4, -0.2) is 6.10 Å². The Bertz CT molecular complexity index is 318. The van der Waals surface area contributed by atoms with Gasteiger partial charge in [0.25, 0.3) is 0 Å². The standard InChI is InChI=1S/C11H15Br2NO/c1-3-7(2)15-11-9(12)4-8(6-14)5-10(11)13/h4-5,7H,3,6,14H2,1-2H3. The summed E-state index contributed by atoms with van der Waals surface area (Å²) in [6.07, 6.45) is 1.19. The minimum atomic E-state index is 0.210. The van der Waals surface area contributed by atoms with E-state index >= 15 is 0 Å². The molecule has 0 saturated carbocycles. The van der Waals surface area contributed by atoms with Crippen molar-refractivity contribution in [3.8, 4) is 5.75 Å². The van der Waals surface area contributed by atoms with Crippen molar-refractivity contribution in [1.29, 1.82) is 0 Å². The predicted octanol–water partition coefficient (Wildman–Crippen LogP) is 3.85. The van der Waals surface area contributed by atoms with Crippen LogP contribution in [0.4, 0.5) is 0 Å². The second kappa shape index (κ2) is 5.87. The molecule has 0 radical (unpaired) electrons. The van der Waals surface area contributed by atoms with Gasteiger partial charge in [-0.2, -0.15) is 0 Å². The molecule has 0 spiro atoms. The monoisotopic (exact) mass is 335 g/mol. The summed E-state index contributed by atoms with van der Waals surface area (Å²) < 4.78 is 7.67. The van der Waals surface area contributed by atoms with E-state index in [2.05, 4.69) is 45.7 Å². The van der Waals surface area contributed by atoms with Gasteiger partial charge in [0.2, 0.25) is 0 Å². The zero-order valence-corrected chi connectivity index (χ0v) is 12.1. The first-order valence-corrected chi connectivity index (χ1v) is 6.51. The quantitative estimate of drug-likeness (QED) is 0.906. The van der Waals surface area contributed by atoms with E-state index in [1.165, 1.54) is 0 Å². The van der Waals surface area contributed by atoms with Gasteiger partial charge in [-0.25, -0.2) is 0 Å². The average Bonchev–Trinajstić information content (AvgIpc) is 2.22. The first kappa shape index (κ1) is 13.0. The van der Waals surface area contributed by atoms with E-state index in [0.29, 0.717) is 6.54 Å². The van der Waals surface area contributed by atoms with Crippen molar-refractivity contribution in [3.63, 3.8) is 0 Å². The molecule has 4 heteroatoms. The Kier molecular flexibility index (Phi) is 5.09. The van der Waals surface area contributed by atoms with E-state index in [1.807, 2.05) is 12.1 Å². The van der Waals surface area contributed by atoms with E-state index in [-0.39, 0.29) is 6.10 Å². The molecule has 1 atom stereocenters. The Morgan fingerprint density at radius 3 is 2.27 bits per heavy atom. The van der Waals surface area contributed by atoms with Crippen LogP contribution in [0.1, 0.15) is 25.8 Å². The van der Waals surface area contributed by atoms with Gasteiger partial charge in [0.1, 0.15) is 5.75 Å². The smallest absolute Gasteiger partial charge is 0.148 e. The summed E-state index contributed by atoms with van der Waals surface area (Å²) in [5.41, 5.74) is 6.66. The summed E-state index contributed by atoms with van der Waals surface area (Å²) in [7, 11) is 0. The van der Waals surface area contributed by atoms with Crippen molar-refractivity contribution in [2.24, 2.45) is 5.73 Å². The topological polar surface area (TPSA) is 35.2 Å². The summed E-state index contributed by atoms with van der Waals surface area (Å²) in [6.45, 7) is 4.68. The molecule has 0 amide bonds. The molecule has 1 aromatic carbocycles. The Labute approximate surface area is 107 Å². The van der Waals surface area contributed by atoms with Crippen LogP contribution in [0.3, 0.4) is 0 Å². The Hall–Kier alpha value is -0.0600. The third kappa shape index (κ3) is 3.47. The Balaban J connectivity index is 2.98. The molecule has 84 valence electrons. The lowest BCUT2D eigenvalue weighted by atomic mass is 10.2. The second-order valence-corrected chi connectivity index (χ2v) is 5.14. The molecule has 1 aromatic rings. The first-order valence-electron chi connectivity index (χ1n) is 4.93. The van der Waals surface area contributed by atoms with E-state index in [9.17, 15) is 0 Å². The molecule has 0 aliphatic rings. The maximum Gasteiger partial charge on any atom is 0.148 e. The first-order chi connectivity index (χ1) is 7.08. The highest BCUT2D eigenvalue weighted by atomic mass is 79.9. The van der Waals surface area contributed by atoms with Gasteiger partial charge in [0, 0.05) is 6.54 Å². The Morgan fingerprint density at radius 2 is 1.87 bits per heavy atom. The molecule has 15 heavy (non-hydrogen) atoms. The van der Waals surface area contributed by atoms with Gasteiger partial charge in [0.05, 0.1) is 15.0 Å². The number of benzene rings is 1. The largest absolute Gasteiger partial charge is 0.488 e. The molecule has 2 nitrogen and oxygen atoms in total. The lowest BCUT2D eigenvalue weighted by molar-refractivity contribution is 0.214. The van der Waals surface area contributed by atoms with E-state index in [1.54, 1.807) is 0 Å². The predicted molar refractivity (Wildman–Crippen MR) is 70.1 cm³/mol. The minimum Gasteiger partial charge on any atom is -0.488 e. The maximum atomic E-state index is 5.79. The van der Waals surface area contributed by atoms with Gasteiger partial charge in [-0.15, -0.1) is 0 Å². The van der Waals surface area contributed by atoms with Crippen molar-refractivity contribution in [1.82, 2.24) is 0 Å². The lowest BCUT2D eigenvalue weighted by Crippen LogP contribution is -2.10. The third-order valence-electron chi connectivity index (χ3n) is 2.19. The van der Waals surface area contributed by atoms with Gasteiger partial charge in [-0.3, -0.25) is 0 Å². The normalized spacial score (nSPS) is 12.6. The summed E-state index contributed by atoms with van der Waals surface area (Å²) in [5.74, 6) is 0.849. The lowest BCUT2D eigenvalue weighted by Gasteiger charge is -2.16. The highest BCUT2D eigenvalue weighted by Gasteiger charge is 2.10. The maximum absolute atomic E-state index is 5.79. The molecule has 1 unspecified atom stereocenters. The van der Waals surface area contributed by atoms with E-state index in [0.717, 1.165) is 26.7 Å². The van der Waals surface area contributed by atoms with E-state index in [4.69, 9.17) is 10.5 Å². The molecule has 2 N–H and O–H groups in total. The van der Waals surface area contributed by atoms with Crippen LogP contribution in [0, 0.1) is 0 Å². The van der Waals surface area contributed by atoms with E-state index < -0.39 is 0 Å². The van der Waals surface area contributed by atoms with Gasteiger partial charge in [-0.05, 0) is 62.9 Å². The highest BCUT2D eigenvalue weighted by Crippen LogP contribution is 2.35. The fraction of sp³-hybridized carbons (Fsp3) is 0.455. The minimum absolute atomic E-state index is 0.210. The van der Waals surface area contributed by atoms with Crippen LogP contribution >= 0.6 is 31.9 Å². The van der Waals surface area contributed by atoms with Crippen LogP contribution in [0.15, 0.2) is 21.1 Å². The van der Waals surface area contributed by atoms with Gasteiger partial charge in [-0.1, -0.05) is 6.92 Å². The zero-order valence-electron chi connectivity index (χ0n) is 8.89. The molecular weight excluding hydrogens is 322 g/mol. The summed E-state index contributed by atoms with van der Waals surface area (Å²) in [6, 6.07) is 3.98. The van der Waals surface area contributed by atoms with Crippen LogP contribution in [0.2, 0.25) is 0 Å². The van der Waals surface area contributed by atoms with Crippen molar-refractivity contribution in [2.45, 2.75) is 32.9 Å². The molecule has 0 saturated heterocycles. The fourth-order valence-electron chi connectivity index (χ4n) is 1.13. The summed E-state index contributed by atoms with van der Waals surface area (Å²) >= 11 is 6.97. The number of nitrogens with two attached hydrogens (primary N) is 1. The number of hydrogen-bond donors (Lipinski definition) is 1. The average molecular weight is 337 g/mol. The zero-order chi connectivity index (χ0) is 11.4. The van der Waals surface area contributed by atoms with Crippen LogP contribution < -0.4 is 10.5 Å². The number of hydrogen-bond acceptors (Lipinski definition) is 2. The van der Waals surface area contributed by atoms with Crippen LogP contribution in [-0.2, 0) is 6.54 Å². The molecular formula is C11H15Br2NO. The van der Waals surface area contributed by atoms with Crippen molar-refractivity contribution in [2.75, 3.05) is 0 Å². The summed E-state index contributed by atoms with van der Waals surface area (Å²) in [4.78, 5) is 0. The Morgan fingerprint density at radius 1 is 1.33 bits per heavy atom. The number of halogens is 2. The summed E-state index contributed by atoms with van der Waals surface area (Å²) in [5, 5.41) is 0. The molecule has 1 rings (SSSR count). The molecule has 0 aliphatic heterocycles. The SMILES string of the molecule is CCC(C)Oc1c(Br)cc(CN)cc1Br. The van der Waals surface area contributed by atoms with Crippen LogP contribution in [0.25, 0.3) is 0 Å². The van der Waals surface area contributed by atoms with Gasteiger partial charge < -0.3 is 10.5 Å². The van der Waals surface area contributed by atoms with Crippen LogP contribution in [0.5, 0.6) is 5.75 Å². The highest BCUT2D eigenvalue weighted by molar-refractivity contribution is 9.11.